The molecule has 140 valence electrons. The van der Waals surface area contributed by atoms with E-state index < -0.39 is 5.41 Å². The fourth-order valence-corrected chi connectivity index (χ4v) is 3.91. The number of hydrogen-bond donors (Lipinski definition) is 1. The molecule has 0 aromatic heterocycles. The Bertz CT molecular complexity index is 823. The molecule has 4 rings (SSSR count). The Kier molecular flexibility index (Phi) is 4.68. The second kappa shape index (κ2) is 7.14. The molecule has 0 radical (unpaired) electrons. The van der Waals surface area contributed by atoms with Crippen LogP contribution in [0.2, 0.25) is 0 Å². The minimum absolute atomic E-state index is 0.0645. The number of rotatable bonds is 4. The van der Waals surface area contributed by atoms with Gasteiger partial charge in [0.2, 0.25) is 5.91 Å². The van der Waals surface area contributed by atoms with E-state index in [0.717, 1.165) is 31.2 Å². The van der Waals surface area contributed by atoms with Crippen LogP contribution in [0.4, 0.5) is 4.39 Å². The van der Waals surface area contributed by atoms with Gasteiger partial charge in [0.25, 0.3) is 5.91 Å². The Hall–Kier alpha value is -2.69. The molecule has 1 aliphatic heterocycles. The maximum atomic E-state index is 13.2. The summed E-state index contributed by atoms with van der Waals surface area (Å²) in [6, 6.07) is 15.6. The van der Waals surface area contributed by atoms with Gasteiger partial charge >= 0.3 is 0 Å². The molecule has 1 saturated carbocycles. The molecule has 0 unspecified atom stereocenters. The topological polar surface area (TPSA) is 49.4 Å². The maximum absolute atomic E-state index is 13.2. The van der Waals surface area contributed by atoms with Crippen LogP contribution in [0.1, 0.15) is 41.6 Å². The summed E-state index contributed by atoms with van der Waals surface area (Å²) in [5, 5.41) is 3.07. The highest BCUT2D eigenvalue weighted by Crippen LogP contribution is 2.49. The van der Waals surface area contributed by atoms with Crippen molar-refractivity contribution in [1.29, 1.82) is 0 Å². The lowest BCUT2D eigenvalue weighted by Gasteiger charge is -2.35. The second-order valence-electron chi connectivity index (χ2n) is 7.49. The van der Waals surface area contributed by atoms with Gasteiger partial charge in [-0.25, -0.2) is 4.39 Å². The Morgan fingerprint density at radius 1 is 0.963 bits per heavy atom. The molecule has 27 heavy (non-hydrogen) atoms. The molecule has 0 bridgehead atoms. The molecule has 1 heterocycles. The summed E-state index contributed by atoms with van der Waals surface area (Å²) in [6.07, 6.45) is 3.15. The van der Waals surface area contributed by atoms with Crippen molar-refractivity contribution in [2.45, 2.75) is 37.1 Å². The molecule has 4 nitrogen and oxygen atoms in total. The van der Waals surface area contributed by atoms with Crippen LogP contribution in [0.5, 0.6) is 0 Å². The van der Waals surface area contributed by atoms with Crippen molar-refractivity contribution >= 4 is 11.8 Å². The second-order valence-corrected chi connectivity index (χ2v) is 7.49. The van der Waals surface area contributed by atoms with Crippen LogP contribution in [-0.2, 0) is 10.2 Å². The first-order valence-electron chi connectivity index (χ1n) is 9.50. The molecule has 5 heteroatoms. The lowest BCUT2D eigenvalue weighted by atomic mass is 9.93. The summed E-state index contributed by atoms with van der Waals surface area (Å²) in [5.41, 5.74) is 1.10. The number of carbonyl (C=O) groups is 2. The number of likely N-dealkylation sites (tertiary alicyclic amines) is 1. The van der Waals surface area contributed by atoms with Crippen molar-refractivity contribution in [3.8, 4) is 0 Å². The molecule has 0 atom stereocenters. The molecule has 2 aromatic carbocycles. The Morgan fingerprint density at radius 3 is 2.19 bits per heavy atom. The third kappa shape index (κ3) is 3.59. The Labute approximate surface area is 158 Å². The van der Waals surface area contributed by atoms with E-state index in [1.54, 1.807) is 24.3 Å². The molecule has 1 saturated heterocycles. The molecule has 1 aliphatic carbocycles. The summed E-state index contributed by atoms with van der Waals surface area (Å²) in [4.78, 5) is 27.3. The predicted octanol–water partition coefficient (Wildman–Crippen LogP) is 3.28. The third-order valence-corrected chi connectivity index (χ3v) is 5.71. The van der Waals surface area contributed by atoms with E-state index in [2.05, 4.69) is 5.32 Å². The Morgan fingerprint density at radius 2 is 1.59 bits per heavy atom. The normalized spacial score (nSPS) is 18.8. The number of nitrogens with one attached hydrogen (secondary N) is 1. The molecule has 1 N–H and O–H groups in total. The van der Waals surface area contributed by atoms with Crippen molar-refractivity contribution < 1.29 is 14.0 Å². The van der Waals surface area contributed by atoms with E-state index in [1.165, 1.54) is 12.1 Å². The van der Waals surface area contributed by atoms with Crippen molar-refractivity contribution in [1.82, 2.24) is 10.2 Å². The molecular formula is C22H23FN2O2. The highest BCUT2D eigenvalue weighted by Gasteiger charge is 2.53. The van der Waals surface area contributed by atoms with Gasteiger partial charge in [0.15, 0.2) is 0 Å². The number of hydrogen-bond acceptors (Lipinski definition) is 2. The van der Waals surface area contributed by atoms with E-state index in [4.69, 9.17) is 0 Å². The molecule has 2 aliphatic rings. The summed E-state index contributed by atoms with van der Waals surface area (Å²) < 4.78 is 13.2. The van der Waals surface area contributed by atoms with Crippen molar-refractivity contribution in [3.63, 3.8) is 0 Å². The first kappa shape index (κ1) is 17.7. The lowest BCUT2D eigenvalue weighted by molar-refractivity contribution is -0.135. The van der Waals surface area contributed by atoms with Gasteiger partial charge in [0, 0.05) is 24.7 Å². The van der Waals surface area contributed by atoms with Crippen LogP contribution in [0.25, 0.3) is 0 Å². The zero-order valence-electron chi connectivity index (χ0n) is 15.2. The largest absolute Gasteiger partial charge is 0.349 e. The fourth-order valence-electron chi connectivity index (χ4n) is 3.91. The lowest BCUT2D eigenvalue weighted by Crippen LogP contribution is -2.49. The summed E-state index contributed by atoms with van der Waals surface area (Å²) in [5.74, 6) is -0.204. The Balaban J connectivity index is 1.34. The monoisotopic (exact) mass is 366 g/mol. The van der Waals surface area contributed by atoms with E-state index in [0.29, 0.717) is 18.7 Å². The van der Waals surface area contributed by atoms with E-state index in [9.17, 15) is 14.0 Å². The molecule has 0 spiro atoms. The number of piperidine rings is 1. The number of benzene rings is 2. The molecule has 2 amide bonds. The molecular weight excluding hydrogens is 343 g/mol. The van der Waals surface area contributed by atoms with Gasteiger partial charge in [0.05, 0.1) is 5.41 Å². The average Bonchev–Trinajstić information content (AvgIpc) is 3.51. The van der Waals surface area contributed by atoms with E-state index in [-0.39, 0.29) is 23.7 Å². The van der Waals surface area contributed by atoms with Gasteiger partial charge in [-0.3, -0.25) is 9.59 Å². The number of halogens is 1. The average molecular weight is 366 g/mol. The summed E-state index contributed by atoms with van der Waals surface area (Å²) in [7, 11) is 0. The summed E-state index contributed by atoms with van der Waals surface area (Å²) >= 11 is 0. The van der Waals surface area contributed by atoms with E-state index in [1.807, 2.05) is 23.1 Å². The van der Waals surface area contributed by atoms with Crippen LogP contribution in [0.3, 0.4) is 0 Å². The summed E-state index contributed by atoms with van der Waals surface area (Å²) in [6.45, 7) is 1.28. The van der Waals surface area contributed by atoms with Crippen LogP contribution >= 0.6 is 0 Å². The van der Waals surface area contributed by atoms with Crippen LogP contribution in [0.15, 0.2) is 54.6 Å². The number of carbonyl (C=O) groups excluding carboxylic acids is 2. The van der Waals surface area contributed by atoms with Gasteiger partial charge in [0.1, 0.15) is 5.82 Å². The van der Waals surface area contributed by atoms with Gasteiger partial charge in [-0.1, -0.05) is 30.3 Å². The first-order valence-corrected chi connectivity index (χ1v) is 9.50. The first-order chi connectivity index (χ1) is 13.1. The minimum atomic E-state index is -0.464. The SMILES string of the molecule is O=C(NC1CCN(C(=O)C2(c3ccc(F)cc3)CC2)CC1)c1ccccc1. The highest BCUT2D eigenvalue weighted by atomic mass is 19.1. The highest BCUT2D eigenvalue weighted by molar-refractivity contribution is 5.94. The van der Waals surface area contributed by atoms with Crippen LogP contribution in [-0.4, -0.2) is 35.8 Å². The van der Waals surface area contributed by atoms with Crippen LogP contribution < -0.4 is 5.32 Å². The molecule has 2 aromatic rings. The van der Waals surface area contributed by atoms with E-state index >= 15 is 0 Å². The molecule has 2 fully saturated rings. The maximum Gasteiger partial charge on any atom is 0.251 e. The zero-order chi connectivity index (χ0) is 18.9. The van der Waals surface area contributed by atoms with Gasteiger partial charge in [-0.05, 0) is 55.5 Å². The quantitative estimate of drug-likeness (QED) is 0.903. The van der Waals surface area contributed by atoms with Gasteiger partial charge < -0.3 is 10.2 Å². The van der Waals surface area contributed by atoms with Crippen molar-refractivity contribution in [2.75, 3.05) is 13.1 Å². The third-order valence-electron chi connectivity index (χ3n) is 5.71. The van der Waals surface area contributed by atoms with Crippen molar-refractivity contribution in [3.05, 3.63) is 71.5 Å². The number of nitrogens with zero attached hydrogens (tertiary/aromatic N) is 1. The minimum Gasteiger partial charge on any atom is -0.349 e. The van der Waals surface area contributed by atoms with Gasteiger partial charge in [-0.15, -0.1) is 0 Å². The standard InChI is InChI=1S/C22H23FN2O2/c23-18-8-6-17(7-9-18)22(12-13-22)21(27)25-14-10-19(11-15-25)24-20(26)16-4-2-1-3-5-16/h1-9,19H,10-15H2,(H,24,26). The smallest absolute Gasteiger partial charge is 0.251 e. The van der Waals surface area contributed by atoms with Crippen LogP contribution in [0, 0.1) is 5.82 Å². The van der Waals surface area contributed by atoms with Gasteiger partial charge in [-0.2, -0.15) is 0 Å². The van der Waals surface area contributed by atoms with Crippen molar-refractivity contribution in [2.24, 2.45) is 0 Å². The zero-order valence-corrected chi connectivity index (χ0v) is 15.2. The fraction of sp³-hybridized carbons (Fsp3) is 0.364. The number of amides is 2. The predicted molar refractivity (Wildman–Crippen MR) is 101 cm³/mol.